The summed E-state index contributed by atoms with van der Waals surface area (Å²) in [5.74, 6) is 0.692. The first-order chi connectivity index (χ1) is 6.20. The average Bonchev–Trinajstić information content (AvgIpc) is 2.91. The molecule has 0 amide bonds. The third kappa shape index (κ3) is 1.72. The molecule has 0 saturated heterocycles. The molecule has 1 saturated carbocycles. The standard InChI is InChI=1S/C11H14ClN/c1-7-9(3-2-4-10(7)12)11(13)8-5-6-8/h2-4,8,11H,5-6,13H2,1H3. The molecular weight excluding hydrogens is 182 g/mol. The van der Waals surface area contributed by atoms with Crippen LogP contribution in [0.25, 0.3) is 0 Å². The fourth-order valence-electron chi connectivity index (χ4n) is 1.69. The Morgan fingerprint density at radius 1 is 1.46 bits per heavy atom. The van der Waals surface area contributed by atoms with Gasteiger partial charge >= 0.3 is 0 Å². The van der Waals surface area contributed by atoms with E-state index in [1.807, 2.05) is 19.1 Å². The highest BCUT2D eigenvalue weighted by atomic mass is 35.5. The van der Waals surface area contributed by atoms with E-state index < -0.39 is 0 Å². The van der Waals surface area contributed by atoms with Crippen molar-refractivity contribution in [3.8, 4) is 0 Å². The normalized spacial score (nSPS) is 18.7. The third-order valence-electron chi connectivity index (χ3n) is 2.80. The predicted octanol–water partition coefficient (Wildman–Crippen LogP) is 3.06. The summed E-state index contributed by atoms with van der Waals surface area (Å²) < 4.78 is 0. The van der Waals surface area contributed by atoms with Crippen LogP contribution in [0.15, 0.2) is 18.2 Å². The molecule has 2 N–H and O–H groups in total. The molecule has 1 aliphatic rings. The fourth-order valence-corrected chi connectivity index (χ4v) is 1.88. The smallest absolute Gasteiger partial charge is 0.0438 e. The van der Waals surface area contributed by atoms with Crippen molar-refractivity contribution in [1.29, 1.82) is 0 Å². The van der Waals surface area contributed by atoms with E-state index in [0.717, 1.165) is 10.6 Å². The molecule has 1 unspecified atom stereocenters. The molecule has 1 nitrogen and oxygen atoms in total. The molecule has 1 aromatic carbocycles. The first-order valence-electron chi connectivity index (χ1n) is 4.70. The van der Waals surface area contributed by atoms with Gasteiger partial charge in [0.05, 0.1) is 0 Å². The topological polar surface area (TPSA) is 26.0 Å². The van der Waals surface area contributed by atoms with Gasteiger partial charge in [-0.15, -0.1) is 0 Å². The molecule has 13 heavy (non-hydrogen) atoms. The molecule has 2 heteroatoms. The van der Waals surface area contributed by atoms with Crippen LogP contribution < -0.4 is 5.73 Å². The summed E-state index contributed by atoms with van der Waals surface area (Å²) in [4.78, 5) is 0. The molecule has 0 aliphatic heterocycles. The zero-order valence-electron chi connectivity index (χ0n) is 7.76. The zero-order chi connectivity index (χ0) is 9.42. The second kappa shape index (κ2) is 3.32. The molecule has 1 fully saturated rings. The Balaban J connectivity index is 2.32. The summed E-state index contributed by atoms with van der Waals surface area (Å²) in [6.45, 7) is 2.04. The number of nitrogens with two attached hydrogens (primary N) is 1. The molecule has 0 spiro atoms. The lowest BCUT2D eigenvalue weighted by Gasteiger charge is -2.14. The number of halogens is 1. The van der Waals surface area contributed by atoms with Gasteiger partial charge in [-0.05, 0) is 42.9 Å². The molecule has 1 atom stereocenters. The molecule has 0 bridgehead atoms. The van der Waals surface area contributed by atoms with Crippen molar-refractivity contribution in [2.24, 2.45) is 11.7 Å². The monoisotopic (exact) mass is 195 g/mol. The highest BCUT2D eigenvalue weighted by Gasteiger charge is 2.30. The average molecular weight is 196 g/mol. The summed E-state index contributed by atoms with van der Waals surface area (Å²) in [5.41, 5.74) is 8.47. The maximum Gasteiger partial charge on any atom is 0.0438 e. The van der Waals surface area contributed by atoms with E-state index in [9.17, 15) is 0 Å². The van der Waals surface area contributed by atoms with Crippen molar-refractivity contribution in [3.05, 3.63) is 34.3 Å². The van der Waals surface area contributed by atoms with Crippen LogP contribution in [0.3, 0.4) is 0 Å². The minimum absolute atomic E-state index is 0.193. The molecule has 2 rings (SSSR count). The van der Waals surface area contributed by atoms with E-state index in [1.54, 1.807) is 0 Å². The molecule has 0 heterocycles. The summed E-state index contributed by atoms with van der Waals surface area (Å²) >= 11 is 6.03. The van der Waals surface area contributed by atoms with Crippen LogP contribution in [0, 0.1) is 12.8 Å². The second-order valence-electron chi connectivity index (χ2n) is 3.82. The molecule has 0 radical (unpaired) electrons. The first kappa shape index (κ1) is 9.04. The molecule has 0 aromatic heterocycles. The van der Waals surface area contributed by atoms with Gasteiger partial charge in [-0.25, -0.2) is 0 Å². The van der Waals surface area contributed by atoms with E-state index in [0.29, 0.717) is 5.92 Å². The fraction of sp³-hybridized carbons (Fsp3) is 0.455. The van der Waals surface area contributed by atoms with Crippen LogP contribution in [-0.2, 0) is 0 Å². The van der Waals surface area contributed by atoms with Gasteiger partial charge in [0.25, 0.3) is 0 Å². The minimum atomic E-state index is 0.193. The van der Waals surface area contributed by atoms with E-state index in [1.165, 1.54) is 18.4 Å². The Hall–Kier alpha value is -0.530. The lowest BCUT2D eigenvalue weighted by molar-refractivity contribution is 0.630. The lowest BCUT2D eigenvalue weighted by Crippen LogP contribution is -2.13. The Morgan fingerprint density at radius 3 is 2.77 bits per heavy atom. The van der Waals surface area contributed by atoms with Crippen LogP contribution in [0.4, 0.5) is 0 Å². The van der Waals surface area contributed by atoms with Gasteiger partial charge in [-0.1, -0.05) is 23.7 Å². The van der Waals surface area contributed by atoms with Crippen LogP contribution in [0.5, 0.6) is 0 Å². The van der Waals surface area contributed by atoms with Gasteiger partial charge in [0.2, 0.25) is 0 Å². The Bertz CT molecular complexity index is 318. The van der Waals surface area contributed by atoms with E-state index in [4.69, 9.17) is 17.3 Å². The number of benzene rings is 1. The van der Waals surface area contributed by atoms with Gasteiger partial charge < -0.3 is 5.73 Å². The van der Waals surface area contributed by atoms with Crippen LogP contribution >= 0.6 is 11.6 Å². The van der Waals surface area contributed by atoms with Gasteiger partial charge in [-0.2, -0.15) is 0 Å². The van der Waals surface area contributed by atoms with Gasteiger partial charge in [0.15, 0.2) is 0 Å². The van der Waals surface area contributed by atoms with E-state index in [2.05, 4.69) is 6.07 Å². The number of hydrogen-bond donors (Lipinski definition) is 1. The first-order valence-corrected chi connectivity index (χ1v) is 5.08. The number of hydrogen-bond acceptors (Lipinski definition) is 1. The highest BCUT2D eigenvalue weighted by Crippen LogP contribution is 2.40. The molecule has 70 valence electrons. The molecule has 1 aromatic rings. The highest BCUT2D eigenvalue weighted by molar-refractivity contribution is 6.31. The molecular formula is C11H14ClN. The number of rotatable bonds is 2. The van der Waals surface area contributed by atoms with Crippen LogP contribution in [0.2, 0.25) is 5.02 Å². The Kier molecular flexibility index (Phi) is 2.31. The minimum Gasteiger partial charge on any atom is -0.324 e. The quantitative estimate of drug-likeness (QED) is 0.772. The maximum atomic E-state index is 6.11. The Labute approximate surface area is 83.9 Å². The summed E-state index contributed by atoms with van der Waals surface area (Å²) in [5, 5.41) is 0.827. The summed E-state index contributed by atoms with van der Waals surface area (Å²) in [7, 11) is 0. The van der Waals surface area contributed by atoms with Gasteiger partial charge in [0.1, 0.15) is 0 Å². The second-order valence-corrected chi connectivity index (χ2v) is 4.22. The lowest BCUT2D eigenvalue weighted by atomic mass is 9.98. The van der Waals surface area contributed by atoms with Crippen molar-refractivity contribution >= 4 is 11.6 Å². The largest absolute Gasteiger partial charge is 0.324 e. The van der Waals surface area contributed by atoms with Crippen molar-refractivity contribution in [1.82, 2.24) is 0 Å². The van der Waals surface area contributed by atoms with Crippen molar-refractivity contribution in [2.75, 3.05) is 0 Å². The summed E-state index contributed by atoms with van der Waals surface area (Å²) in [6.07, 6.45) is 2.54. The van der Waals surface area contributed by atoms with Crippen molar-refractivity contribution in [2.45, 2.75) is 25.8 Å². The predicted molar refractivity (Wildman–Crippen MR) is 55.8 cm³/mol. The van der Waals surface area contributed by atoms with Crippen molar-refractivity contribution in [3.63, 3.8) is 0 Å². The van der Waals surface area contributed by atoms with E-state index in [-0.39, 0.29) is 6.04 Å². The maximum absolute atomic E-state index is 6.11. The van der Waals surface area contributed by atoms with E-state index >= 15 is 0 Å². The van der Waals surface area contributed by atoms with Gasteiger partial charge in [0, 0.05) is 11.1 Å². The van der Waals surface area contributed by atoms with Crippen molar-refractivity contribution < 1.29 is 0 Å². The summed E-state index contributed by atoms with van der Waals surface area (Å²) in [6, 6.07) is 6.18. The molecule has 1 aliphatic carbocycles. The zero-order valence-corrected chi connectivity index (χ0v) is 8.51. The van der Waals surface area contributed by atoms with Crippen LogP contribution in [0.1, 0.15) is 30.0 Å². The van der Waals surface area contributed by atoms with Crippen LogP contribution in [-0.4, -0.2) is 0 Å². The Morgan fingerprint density at radius 2 is 2.15 bits per heavy atom. The third-order valence-corrected chi connectivity index (χ3v) is 3.21. The van der Waals surface area contributed by atoms with Gasteiger partial charge in [-0.3, -0.25) is 0 Å². The SMILES string of the molecule is Cc1c(Cl)cccc1C(N)C1CC1.